The van der Waals surface area contributed by atoms with E-state index in [-0.39, 0.29) is 5.91 Å². The maximum atomic E-state index is 12.3. The van der Waals surface area contributed by atoms with Crippen molar-refractivity contribution in [1.82, 2.24) is 29.3 Å². The van der Waals surface area contributed by atoms with Crippen LogP contribution in [0.5, 0.6) is 0 Å². The molecule has 0 radical (unpaired) electrons. The van der Waals surface area contributed by atoms with Gasteiger partial charge in [-0.1, -0.05) is 0 Å². The van der Waals surface area contributed by atoms with E-state index in [4.69, 9.17) is 0 Å². The average molecular weight is 350 g/mol. The van der Waals surface area contributed by atoms with Gasteiger partial charge in [-0.2, -0.15) is 0 Å². The van der Waals surface area contributed by atoms with E-state index in [9.17, 15) is 4.79 Å². The summed E-state index contributed by atoms with van der Waals surface area (Å²) in [6.45, 7) is 4.05. The summed E-state index contributed by atoms with van der Waals surface area (Å²) in [5.41, 5.74) is 2.97. The number of hydrogen-bond donors (Lipinski definition) is 1. The first-order valence-corrected chi connectivity index (χ1v) is 8.75. The van der Waals surface area contributed by atoms with Gasteiger partial charge < -0.3 is 14.5 Å². The van der Waals surface area contributed by atoms with Crippen LogP contribution in [0, 0.1) is 0 Å². The number of imidazole rings is 1. The van der Waals surface area contributed by atoms with Crippen molar-refractivity contribution in [1.29, 1.82) is 0 Å². The molecule has 4 heterocycles. The van der Waals surface area contributed by atoms with E-state index in [1.807, 2.05) is 60.7 Å². The number of rotatable bonds is 5. The van der Waals surface area contributed by atoms with Crippen LogP contribution in [0.2, 0.25) is 0 Å². The van der Waals surface area contributed by atoms with E-state index in [1.54, 1.807) is 0 Å². The lowest BCUT2D eigenvalue weighted by Crippen LogP contribution is -2.35. The molecule has 134 valence electrons. The van der Waals surface area contributed by atoms with E-state index in [0.29, 0.717) is 12.2 Å². The van der Waals surface area contributed by atoms with Crippen LogP contribution in [0.3, 0.4) is 0 Å². The van der Waals surface area contributed by atoms with Crippen LogP contribution in [-0.4, -0.2) is 36.5 Å². The molecular weight excluding hydrogens is 328 g/mol. The predicted octanol–water partition coefficient (Wildman–Crippen LogP) is 1.56. The Hall–Kier alpha value is -2.93. The van der Waals surface area contributed by atoms with Crippen LogP contribution in [0.4, 0.5) is 0 Å². The summed E-state index contributed by atoms with van der Waals surface area (Å²) in [5.74, 6) is 0.983. The normalized spacial score (nSPS) is 14.2. The van der Waals surface area contributed by atoms with Crippen LogP contribution in [0.25, 0.3) is 0 Å². The zero-order valence-corrected chi connectivity index (χ0v) is 14.8. The lowest BCUT2D eigenvalue weighted by molar-refractivity contribution is 0.0941. The third-order valence-electron chi connectivity index (χ3n) is 4.79. The van der Waals surface area contributed by atoms with Gasteiger partial charge in [0, 0.05) is 45.3 Å². The number of nitrogens with one attached hydrogen (secondary N) is 1. The van der Waals surface area contributed by atoms with Crippen LogP contribution in [0.15, 0.2) is 49.1 Å². The highest BCUT2D eigenvalue weighted by Gasteiger charge is 2.20. The predicted molar refractivity (Wildman–Crippen MR) is 97.2 cm³/mol. The minimum atomic E-state index is -0.0665. The number of hydrogen-bond acceptors (Lipinski definition) is 4. The van der Waals surface area contributed by atoms with Gasteiger partial charge >= 0.3 is 0 Å². The molecule has 3 aromatic heterocycles. The van der Waals surface area contributed by atoms with Gasteiger partial charge in [0.2, 0.25) is 0 Å². The zero-order valence-electron chi connectivity index (χ0n) is 14.8. The third-order valence-corrected chi connectivity index (χ3v) is 4.79. The summed E-state index contributed by atoms with van der Waals surface area (Å²) in [7, 11) is 1.87. The van der Waals surface area contributed by atoms with Gasteiger partial charge in [0.25, 0.3) is 5.91 Å². The molecule has 0 aromatic carbocycles. The van der Waals surface area contributed by atoms with Crippen LogP contribution in [0.1, 0.15) is 27.6 Å². The summed E-state index contributed by atoms with van der Waals surface area (Å²) in [6.07, 6.45) is 7.39. The Morgan fingerprint density at radius 3 is 2.85 bits per heavy atom. The van der Waals surface area contributed by atoms with Gasteiger partial charge in [0.1, 0.15) is 11.5 Å². The van der Waals surface area contributed by atoms with Crippen molar-refractivity contribution in [3.63, 3.8) is 0 Å². The molecule has 4 rings (SSSR count). The minimum Gasteiger partial charge on any atom is -0.347 e. The Balaban J connectivity index is 1.38. The first-order chi connectivity index (χ1) is 12.7. The van der Waals surface area contributed by atoms with E-state index < -0.39 is 0 Å². The number of carbonyl (C=O) groups excluding carboxylic acids is 1. The molecule has 0 bridgehead atoms. The molecule has 0 fully saturated rings. The fourth-order valence-corrected chi connectivity index (χ4v) is 3.35. The number of carbonyl (C=O) groups is 1. The number of amides is 1. The molecule has 0 saturated heterocycles. The smallest absolute Gasteiger partial charge is 0.268 e. The molecule has 1 aliphatic heterocycles. The van der Waals surface area contributed by atoms with Crippen LogP contribution < -0.4 is 5.32 Å². The Kier molecular flexibility index (Phi) is 4.53. The monoisotopic (exact) mass is 350 g/mol. The second-order valence-electron chi connectivity index (χ2n) is 6.57. The van der Waals surface area contributed by atoms with E-state index in [0.717, 1.165) is 37.7 Å². The SMILES string of the molecule is Cn1cccc1C(=O)NCc1cnc2n1CCN(Cc1ccncc1)C2. The molecule has 0 saturated carbocycles. The lowest BCUT2D eigenvalue weighted by Gasteiger charge is -2.28. The van der Waals surface area contributed by atoms with Crippen molar-refractivity contribution in [2.24, 2.45) is 7.05 Å². The molecule has 3 aromatic rings. The van der Waals surface area contributed by atoms with Gasteiger partial charge in [-0.05, 0) is 29.8 Å². The lowest BCUT2D eigenvalue weighted by atomic mass is 10.2. The number of nitrogens with zero attached hydrogens (tertiary/aromatic N) is 5. The third kappa shape index (κ3) is 3.39. The Morgan fingerprint density at radius 2 is 2.08 bits per heavy atom. The molecule has 26 heavy (non-hydrogen) atoms. The maximum Gasteiger partial charge on any atom is 0.268 e. The van der Waals surface area contributed by atoms with Gasteiger partial charge in [-0.25, -0.2) is 4.98 Å². The quantitative estimate of drug-likeness (QED) is 0.758. The summed E-state index contributed by atoms with van der Waals surface area (Å²) < 4.78 is 4.03. The number of aryl methyl sites for hydroxylation is 1. The largest absolute Gasteiger partial charge is 0.347 e. The van der Waals surface area contributed by atoms with Crippen molar-refractivity contribution in [3.05, 3.63) is 71.8 Å². The molecule has 0 aliphatic carbocycles. The highest BCUT2D eigenvalue weighted by atomic mass is 16.1. The molecule has 0 spiro atoms. The molecule has 1 aliphatic rings. The van der Waals surface area contributed by atoms with Gasteiger partial charge in [-0.15, -0.1) is 0 Å². The van der Waals surface area contributed by atoms with Gasteiger partial charge in [0.05, 0.1) is 25.0 Å². The Bertz CT molecular complexity index is 898. The van der Waals surface area contributed by atoms with Gasteiger partial charge in [-0.3, -0.25) is 14.7 Å². The average Bonchev–Trinajstić information content (AvgIpc) is 3.26. The van der Waals surface area contributed by atoms with Crippen LogP contribution in [-0.2, 0) is 33.2 Å². The molecule has 1 N–H and O–H groups in total. The van der Waals surface area contributed by atoms with Gasteiger partial charge in [0.15, 0.2) is 0 Å². The van der Waals surface area contributed by atoms with Crippen molar-refractivity contribution in [3.8, 4) is 0 Å². The first-order valence-electron chi connectivity index (χ1n) is 8.75. The van der Waals surface area contributed by atoms with E-state index in [2.05, 4.69) is 24.8 Å². The second kappa shape index (κ2) is 7.13. The van der Waals surface area contributed by atoms with Crippen LogP contribution >= 0.6 is 0 Å². The molecule has 0 atom stereocenters. The number of fused-ring (bicyclic) bond motifs is 1. The standard InChI is InChI=1S/C19H22N6O/c1-23-8-2-3-17(23)19(26)22-12-16-11-21-18-14-24(9-10-25(16)18)13-15-4-6-20-7-5-15/h2-8,11H,9-10,12-14H2,1H3,(H,22,26). The topological polar surface area (TPSA) is 68.0 Å². The maximum absolute atomic E-state index is 12.3. The minimum absolute atomic E-state index is 0.0665. The summed E-state index contributed by atoms with van der Waals surface area (Å²) in [4.78, 5) is 23.3. The molecule has 1 amide bonds. The molecule has 7 nitrogen and oxygen atoms in total. The van der Waals surface area contributed by atoms with Crippen molar-refractivity contribution in [2.45, 2.75) is 26.2 Å². The highest BCUT2D eigenvalue weighted by Crippen LogP contribution is 2.16. The van der Waals surface area contributed by atoms with Crippen molar-refractivity contribution >= 4 is 5.91 Å². The van der Waals surface area contributed by atoms with E-state index in [1.165, 1.54) is 5.56 Å². The Morgan fingerprint density at radius 1 is 1.23 bits per heavy atom. The first kappa shape index (κ1) is 16.5. The number of pyridine rings is 1. The number of aromatic nitrogens is 4. The summed E-state index contributed by atoms with van der Waals surface area (Å²) >= 11 is 0. The molecular formula is C19H22N6O. The zero-order chi connectivity index (χ0) is 17.9. The fraction of sp³-hybridized carbons (Fsp3) is 0.316. The fourth-order valence-electron chi connectivity index (χ4n) is 3.35. The summed E-state index contributed by atoms with van der Waals surface area (Å²) in [5, 5.41) is 2.99. The molecule has 7 heteroatoms. The van der Waals surface area contributed by atoms with Crippen molar-refractivity contribution in [2.75, 3.05) is 6.54 Å². The second-order valence-corrected chi connectivity index (χ2v) is 6.57. The highest BCUT2D eigenvalue weighted by molar-refractivity contribution is 5.92. The van der Waals surface area contributed by atoms with E-state index >= 15 is 0 Å². The molecule has 0 unspecified atom stereocenters. The Labute approximate surface area is 152 Å². The summed E-state index contributed by atoms with van der Waals surface area (Å²) in [6, 6.07) is 7.78. The van der Waals surface area contributed by atoms with Crippen molar-refractivity contribution < 1.29 is 4.79 Å².